The molecule has 2 aliphatic heterocycles. The predicted molar refractivity (Wildman–Crippen MR) is 73.0 cm³/mol. The summed E-state index contributed by atoms with van der Waals surface area (Å²) in [7, 11) is 0. The van der Waals surface area contributed by atoms with E-state index in [9.17, 15) is 4.79 Å². The average molecular weight is 261 g/mol. The quantitative estimate of drug-likeness (QED) is 0.851. The number of carbonyl (C=O) groups excluding carboxylic acids is 1. The molecule has 0 saturated carbocycles. The van der Waals surface area contributed by atoms with E-state index in [-0.39, 0.29) is 11.8 Å². The highest BCUT2D eigenvalue weighted by Crippen LogP contribution is 2.25. The molecule has 1 unspecified atom stereocenters. The summed E-state index contributed by atoms with van der Waals surface area (Å²) in [6, 6.07) is 2.02. The molecule has 3 heterocycles. The zero-order chi connectivity index (χ0) is 13.2. The fourth-order valence-electron chi connectivity index (χ4n) is 2.83. The number of amides is 1. The second kappa shape index (κ2) is 5.03. The van der Waals surface area contributed by atoms with Gasteiger partial charge in [0.05, 0.1) is 5.92 Å². The Labute approximate surface area is 112 Å². The average Bonchev–Trinajstić information content (AvgIpc) is 3.10. The minimum absolute atomic E-state index is 0.0507. The summed E-state index contributed by atoms with van der Waals surface area (Å²) in [4.78, 5) is 24.3. The monoisotopic (exact) mass is 261 g/mol. The van der Waals surface area contributed by atoms with Crippen LogP contribution in [-0.4, -0.2) is 42.1 Å². The maximum Gasteiger partial charge on any atom is 0.222 e. The lowest BCUT2D eigenvalue weighted by atomic mass is 10.1. The van der Waals surface area contributed by atoms with E-state index in [1.165, 1.54) is 12.8 Å². The van der Waals surface area contributed by atoms with Gasteiger partial charge in [-0.15, -0.1) is 0 Å². The smallest absolute Gasteiger partial charge is 0.222 e. The van der Waals surface area contributed by atoms with Gasteiger partial charge in [0.25, 0.3) is 0 Å². The molecule has 1 aromatic heterocycles. The van der Waals surface area contributed by atoms with Crippen LogP contribution < -0.4 is 15.5 Å². The summed E-state index contributed by atoms with van der Waals surface area (Å²) in [6.07, 6.45) is 4.89. The molecule has 102 valence electrons. The molecule has 6 nitrogen and oxygen atoms in total. The Balaban J connectivity index is 1.74. The van der Waals surface area contributed by atoms with Crippen molar-refractivity contribution in [3.8, 4) is 0 Å². The van der Waals surface area contributed by atoms with Crippen molar-refractivity contribution in [2.45, 2.75) is 19.3 Å². The van der Waals surface area contributed by atoms with E-state index in [0.717, 1.165) is 37.7 Å². The number of nitrogens with zero attached hydrogens (tertiary/aromatic N) is 4. The van der Waals surface area contributed by atoms with E-state index >= 15 is 0 Å². The first-order valence-electron chi connectivity index (χ1n) is 6.85. The summed E-state index contributed by atoms with van der Waals surface area (Å²) in [5, 5.41) is 0. The minimum atomic E-state index is -0.212. The fourth-order valence-corrected chi connectivity index (χ4v) is 2.83. The minimum Gasteiger partial charge on any atom is -0.369 e. The van der Waals surface area contributed by atoms with Crippen molar-refractivity contribution >= 4 is 17.5 Å². The largest absolute Gasteiger partial charge is 0.369 e. The van der Waals surface area contributed by atoms with Gasteiger partial charge in [0.15, 0.2) is 0 Å². The molecule has 0 spiro atoms. The van der Waals surface area contributed by atoms with Crippen molar-refractivity contribution in [2.24, 2.45) is 11.7 Å². The molecule has 1 amide bonds. The zero-order valence-electron chi connectivity index (χ0n) is 11.0. The van der Waals surface area contributed by atoms with Crippen molar-refractivity contribution in [1.29, 1.82) is 0 Å². The zero-order valence-corrected chi connectivity index (χ0v) is 11.0. The van der Waals surface area contributed by atoms with Gasteiger partial charge in [0.1, 0.15) is 18.0 Å². The number of carbonyl (C=O) groups is 1. The third-order valence-corrected chi connectivity index (χ3v) is 3.98. The van der Waals surface area contributed by atoms with E-state index < -0.39 is 0 Å². The van der Waals surface area contributed by atoms with E-state index in [1.54, 1.807) is 6.33 Å². The molecule has 1 atom stereocenters. The van der Waals surface area contributed by atoms with Crippen LogP contribution in [0, 0.1) is 5.92 Å². The molecule has 1 aromatic rings. The molecule has 2 fully saturated rings. The van der Waals surface area contributed by atoms with Crippen LogP contribution in [0.25, 0.3) is 0 Å². The predicted octanol–water partition coefficient (Wildman–Crippen LogP) is 0.388. The maximum absolute atomic E-state index is 11.2. The second-order valence-electron chi connectivity index (χ2n) is 5.26. The third-order valence-electron chi connectivity index (χ3n) is 3.98. The topological polar surface area (TPSA) is 75.4 Å². The Kier molecular flexibility index (Phi) is 3.23. The van der Waals surface area contributed by atoms with Gasteiger partial charge in [0, 0.05) is 32.2 Å². The summed E-state index contributed by atoms with van der Waals surface area (Å²) in [5.74, 6) is 1.63. The van der Waals surface area contributed by atoms with Crippen molar-refractivity contribution in [3.63, 3.8) is 0 Å². The maximum atomic E-state index is 11.2. The lowest BCUT2D eigenvalue weighted by molar-refractivity contribution is -0.121. The molecule has 2 aliphatic rings. The van der Waals surface area contributed by atoms with Crippen LogP contribution >= 0.6 is 0 Å². The third kappa shape index (κ3) is 2.47. The highest BCUT2D eigenvalue weighted by molar-refractivity contribution is 5.78. The molecule has 2 saturated heterocycles. The van der Waals surface area contributed by atoms with Gasteiger partial charge in [-0.2, -0.15) is 0 Å². The van der Waals surface area contributed by atoms with E-state index in [2.05, 4.69) is 19.8 Å². The van der Waals surface area contributed by atoms with Crippen molar-refractivity contribution in [3.05, 3.63) is 12.4 Å². The summed E-state index contributed by atoms with van der Waals surface area (Å²) < 4.78 is 0. The first kappa shape index (κ1) is 12.2. The molecule has 6 heteroatoms. The Morgan fingerprint density at radius 1 is 1.16 bits per heavy atom. The van der Waals surface area contributed by atoms with Gasteiger partial charge in [-0.25, -0.2) is 9.97 Å². The number of nitrogens with two attached hydrogens (primary N) is 1. The van der Waals surface area contributed by atoms with Crippen molar-refractivity contribution < 1.29 is 4.79 Å². The van der Waals surface area contributed by atoms with E-state index in [4.69, 9.17) is 5.73 Å². The molecular weight excluding hydrogens is 242 g/mol. The summed E-state index contributed by atoms with van der Waals surface area (Å²) >= 11 is 0. The molecule has 19 heavy (non-hydrogen) atoms. The van der Waals surface area contributed by atoms with Crippen molar-refractivity contribution in [1.82, 2.24) is 9.97 Å². The first-order valence-corrected chi connectivity index (χ1v) is 6.85. The Bertz CT molecular complexity index is 472. The number of hydrogen-bond donors (Lipinski definition) is 1. The normalized spacial score (nSPS) is 23.1. The van der Waals surface area contributed by atoms with Gasteiger partial charge >= 0.3 is 0 Å². The van der Waals surface area contributed by atoms with Crippen LogP contribution in [-0.2, 0) is 4.79 Å². The number of anilines is 2. The first-order chi connectivity index (χ1) is 9.24. The molecule has 0 radical (unpaired) electrons. The number of aromatic nitrogens is 2. The van der Waals surface area contributed by atoms with Gasteiger partial charge in [-0.1, -0.05) is 0 Å². The Hall–Kier alpha value is -1.85. The summed E-state index contributed by atoms with van der Waals surface area (Å²) in [6.45, 7) is 3.65. The van der Waals surface area contributed by atoms with Crippen LogP contribution in [0.1, 0.15) is 19.3 Å². The fraction of sp³-hybridized carbons (Fsp3) is 0.615. The molecule has 2 N–H and O–H groups in total. The van der Waals surface area contributed by atoms with Crippen LogP contribution in [0.2, 0.25) is 0 Å². The number of hydrogen-bond acceptors (Lipinski definition) is 5. The molecular formula is C13H19N5O. The van der Waals surface area contributed by atoms with Gasteiger partial charge in [-0.3, -0.25) is 4.79 Å². The van der Waals surface area contributed by atoms with E-state index in [1.807, 2.05) is 6.07 Å². The van der Waals surface area contributed by atoms with Gasteiger partial charge in [0.2, 0.25) is 5.91 Å². The molecule has 0 bridgehead atoms. The van der Waals surface area contributed by atoms with Crippen LogP contribution in [0.4, 0.5) is 11.6 Å². The van der Waals surface area contributed by atoms with Gasteiger partial charge in [-0.05, 0) is 19.3 Å². The molecule has 0 aromatic carbocycles. The lowest BCUT2D eigenvalue weighted by Crippen LogP contribution is -2.28. The van der Waals surface area contributed by atoms with Crippen LogP contribution in [0.5, 0.6) is 0 Å². The number of primary amides is 1. The van der Waals surface area contributed by atoms with E-state index in [0.29, 0.717) is 6.54 Å². The lowest BCUT2D eigenvalue weighted by Gasteiger charge is -2.20. The standard InChI is InChI=1S/C13H19N5O/c14-13(19)10-3-6-18(8-10)12-7-11(15-9-16-12)17-4-1-2-5-17/h7,9-10H,1-6,8H2,(H2,14,19). The number of rotatable bonds is 3. The Morgan fingerprint density at radius 2 is 1.84 bits per heavy atom. The summed E-state index contributed by atoms with van der Waals surface area (Å²) in [5.41, 5.74) is 5.36. The van der Waals surface area contributed by atoms with Gasteiger partial charge < -0.3 is 15.5 Å². The highest BCUT2D eigenvalue weighted by Gasteiger charge is 2.27. The molecule has 0 aliphatic carbocycles. The molecule has 3 rings (SSSR count). The SMILES string of the molecule is NC(=O)C1CCN(c2cc(N3CCCC3)ncn2)C1. The highest BCUT2D eigenvalue weighted by atomic mass is 16.1. The van der Waals surface area contributed by atoms with Crippen LogP contribution in [0.15, 0.2) is 12.4 Å². The second-order valence-corrected chi connectivity index (χ2v) is 5.26. The Morgan fingerprint density at radius 3 is 2.47 bits per heavy atom. The van der Waals surface area contributed by atoms with Crippen molar-refractivity contribution in [2.75, 3.05) is 36.0 Å². The van der Waals surface area contributed by atoms with Crippen LogP contribution in [0.3, 0.4) is 0 Å².